The van der Waals surface area contributed by atoms with E-state index in [2.05, 4.69) is 20.7 Å². The molecule has 1 heterocycles. The van der Waals surface area contributed by atoms with Crippen molar-refractivity contribution in [1.82, 2.24) is 20.1 Å². The second kappa shape index (κ2) is 10.0. The summed E-state index contributed by atoms with van der Waals surface area (Å²) >= 11 is 5.26. The fourth-order valence-corrected chi connectivity index (χ4v) is 3.74. The highest BCUT2D eigenvalue weighted by Gasteiger charge is 2.35. The fourth-order valence-electron chi connectivity index (χ4n) is 3.38. The summed E-state index contributed by atoms with van der Waals surface area (Å²) in [7, 11) is 1.78. The van der Waals surface area contributed by atoms with Gasteiger partial charge in [-0.15, -0.1) is 0 Å². The molecule has 0 aliphatic heterocycles. The lowest BCUT2D eigenvalue weighted by Gasteiger charge is -2.34. The van der Waals surface area contributed by atoms with Gasteiger partial charge in [0.1, 0.15) is 29.9 Å². The number of benzene rings is 2. The van der Waals surface area contributed by atoms with E-state index in [0.29, 0.717) is 5.11 Å². The minimum Gasteiger partial charge on any atom is -0.381 e. The molecule has 0 amide bonds. The van der Waals surface area contributed by atoms with Gasteiger partial charge in [-0.1, -0.05) is 6.07 Å². The van der Waals surface area contributed by atoms with E-state index in [1.165, 1.54) is 23.4 Å². The number of nitrogens with zero attached hydrogens (tertiary/aromatic N) is 4. The van der Waals surface area contributed by atoms with Crippen molar-refractivity contribution in [2.24, 2.45) is 0 Å². The zero-order chi connectivity index (χ0) is 23.3. The van der Waals surface area contributed by atoms with Gasteiger partial charge in [-0.3, -0.25) is 0 Å². The lowest BCUT2D eigenvalue weighted by molar-refractivity contribution is 0.0195. The van der Waals surface area contributed by atoms with E-state index in [1.54, 1.807) is 11.9 Å². The Morgan fingerprint density at radius 1 is 1.22 bits per heavy atom. The Morgan fingerprint density at radius 2 is 1.94 bits per heavy atom. The van der Waals surface area contributed by atoms with Crippen LogP contribution in [0.25, 0.3) is 0 Å². The van der Waals surface area contributed by atoms with Gasteiger partial charge in [0.25, 0.3) is 0 Å². The van der Waals surface area contributed by atoms with Crippen molar-refractivity contribution in [1.29, 1.82) is 0 Å². The van der Waals surface area contributed by atoms with E-state index in [4.69, 9.17) is 12.2 Å². The number of thiocarbonyl (C=S) groups is 1. The number of hydrogen-bond acceptors (Lipinski definition) is 5. The number of halogens is 2. The summed E-state index contributed by atoms with van der Waals surface area (Å²) in [6.45, 7) is 3.96. The zero-order valence-corrected chi connectivity index (χ0v) is 18.9. The number of rotatable bonds is 8. The van der Waals surface area contributed by atoms with Crippen LogP contribution in [-0.2, 0) is 12.1 Å². The first-order valence-corrected chi connectivity index (χ1v) is 10.5. The van der Waals surface area contributed by atoms with E-state index in [0.717, 1.165) is 23.5 Å². The number of aliphatic hydroxyl groups is 1. The predicted molar refractivity (Wildman–Crippen MR) is 124 cm³/mol. The summed E-state index contributed by atoms with van der Waals surface area (Å²) < 4.78 is 29.5. The van der Waals surface area contributed by atoms with E-state index >= 15 is 0 Å². The monoisotopic (exact) mass is 460 g/mol. The molecule has 0 spiro atoms. The van der Waals surface area contributed by atoms with Crippen LogP contribution in [0.2, 0.25) is 0 Å². The van der Waals surface area contributed by atoms with Crippen molar-refractivity contribution in [2.75, 3.05) is 23.8 Å². The molecule has 0 saturated heterocycles. The minimum atomic E-state index is -1.69. The molecule has 0 aliphatic rings. The van der Waals surface area contributed by atoms with Gasteiger partial charge in [-0.2, -0.15) is 5.10 Å². The average molecular weight is 461 g/mol. The van der Waals surface area contributed by atoms with Gasteiger partial charge in [0.15, 0.2) is 5.11 Å². The fraction of sp³-hybridized carbons (Fsp3) is 0.318. The van der Waals surface area contributed by atoms with E-state index in [-0.39, 0.29) is 24.7 Å². The number of nitrogens with one attached hydrogen (secondary N) is 2. The number of aromatic nitrogens is 3. The van der Waals surface area contributed by atoms with Crippen molar-refractivity contribution in [3.8, 4) is 0 Å². The van der Waals surface area contributed by atoms with Crippen LogP contribution in [0.1, 0.15) is 19.4 Å². The molecule has 3 aromatic rings. The second-order valence-electron chi connectivity index (χ2n) is 7.90. The van der Waals surface area contributed by atoms with Crippen molar-refractivity contribution in [3.63, 3.8) is 0 Å². The number of likely N-dealkylation sites (N-methyl/N-ethyl adjacent to an activating group) is 1. The molecule has 170 valence electrons. The SMILES string of the molecule is CC(C)NC(=S)Nc1ccc(N(C)CC(O)(Cn2cncn2)c2ccc(F)cc2F)cc1. The highest BCUT2D eigenvalue weighted by atomic mass is 32.1. The molecule has 1 unspecified atom stereocenters. The quantitative estimate of drug-likeness (QED) is 0.446. The predicted octanol–water partition coefficient (Wildman–Crippen LogP) is 3.28. The van der Waals surface area contributed by atoms with Gasteiger partial charge >= 0.3 is 0 Å². The Hall–Kier alpha value is -3.11. The molecule has 10 heteroatoms. The van der Waals surface area contributed by atoms with Gasteiger partial charge in [0.2, 0.25) is 0 Å². The van der Waals surface area contributed by atoms with Crippen LogP contribution < -0.4 is 15.5 Å². The number of hydrogen-bond donors (Lipinski definition) is 3. The lowest BCUT2D eigenvalue weighted by Crippen LogP contribution is -2.43. The largest absolute Gasteiger partial charge is 0.381 e. The van der Waals surface area contributed by atoms with Crippen LogP contribution in [0.3, 0.4) is 0 Å². The molecule has 0 bridgehead atoms. The molecular formula is C22H26F2N6OS. The van der Waals surface area contributed by atoms with Gasteiger partial charge in [-0.25, -0.2) is 18.4 Å². The zero-order valence-electron chi connectivity index (χ0n) is 18.1. The molecule has 0 radical (unpaired) electrons. The molecular weight excluding hydrogens is 434 g/mol. The summed E-state index contributed by atoms with van der Waals surface area (Å²) in [5.74, 6) is -1.54. The Bertz CT molecular complexity index is 1050. The maximum absolute atomic E-state index is 14.6. The van der Waals surface area contributed by atoms with Crippen LogP contribution in [-0.4, -0.2) is 44.6 Å². The molecule has 3 rings (SSSR count). The standard InChI is InChI=1S/C22H26F2N6OS/c1-15(2)27-21(32)28-17-5-7-18(8-6-17)29(3)11-22(31,12-30-14-25-13-26-30)19-9-4-16(23)10-20(19)24/h4-10,13-15,31H,11-12H2,1-3H3,(H2,27,28,32). The van der Waals surface area contributed by atoms with Crippen LogP contribution in [0.15, 0.2) is 55.1 Å². The Kier molecular flexibility index (Phi) is 7.37. The molecule has 1 aromatic heterocycles. The van der Waals surface area contributed by atoms with Gasteiger partial charge in [0.05, 0.1) is 13.1 Å². The molecule has 1 atom stereocenters. The van der Waals surface area contributed by atoms with E-state index in [9.17, 15) is 13.9 Å². The molecule has 32 heavy (non-hydrogen) atoms. The molecule has 3 N–H and O–H groups in total. The summed E-state index contributed by atoms with van der Waals surface area (Å²) in [5, 5.41) is 22.2. The molecule has 0 aliphatic carbocycles. The average Bonchev–Trinajstić information content (AvgIpc) is 3.20. The summed E-state index contributed by atoms with van der Waals surface area (Å²) in [5.41, 5.74) is -0.120. The first-order valence-electron chi connectivity index (χ1n) is 10.1. The Labute approximate surface area is 191 Å². The van der Waals surface area contributed by atoms with Crippen LogP contribution >= 0.6 is 12.2 Å². The second-order valence-corrected chi connectivity index (χ2v) is 8.31. The van der Waals surface area contributed by atoms with Crippen LogP contribution in [0.4, 0.5) is 20.2 Å². The van der Waals surface area contributed by atoms with Gasteiger partial charge in [0, 0.05) is 36.1 Å². The first-order chi connectivity index (χ1) is 15.2. The van der Waals surface area contributed by atoms with E-state index in [1.807, 2.05) is 38.1 Å². The summed E-state index contributed by atoms with van der Waals surface area (Å²) in [6.07, 6.45) is 2.76. The maximum atomic E-state index is 14.6. The minimum absolute atomic E-state index is 0.0233. The highest BCUT2D eigenvalue weighted by Crippen LogP contribution is 2.29. The maximum Gasteiger partial charge on any atom is 0.170 e. The lowest BCUT2D eigenvalue weighted by atomic mass is 9.92. The van der Waals surface area contributed by atoms with Crippen molar-refractivity contribution < 1.29 is 13.9 Å². The molecule has 2 aromatic carbocycles. The van der Waals surface area contributed by atoms with Crippen molar-refractivity contribution in [2.45, 2.75) is 32.0 Å². The Balaban J connectivity index is 1.80. The molecule has 7 nitrogen and oxygen atoms in total. The first kappa shape index (κ1) is 23.6. The third kappa shape index (κ3) is 5.98. The summed E-state index contributed by atoms with van der Waals surface area (Å²) in [4.78, 5) is 5.66. The number of anilines is 2. The topological polar surface area (TPSA) is 78.2 Å². The smallest absolute Gasteiger partial charge is 0.170 e. The third-order valence-electron chi connectivity index (χ3n) is 4.81. The van der Waals surface area contributed by atoms with Gasteiger partial charge < -0.3 is 20.6 Å². The third-order valence-corrected chi connectivity index (χ3v) is 5.03. The van der Waals surface area contributed by atoms with Crippen molar-refractivity contribution >= 4 is 28.7 Å². The van der Waals surface area contributed by atoms with Crippen LogP contribution in [0.5, 0.6) is 0 Å². The van der Waals surface area contributed by atoms with Crippen molar-refractivity contribution in [3.05, 3.63) is 72.3 Å². The normalized spacial score (nSPS) is 13.0. The summed E-state index contributed by atoms with van der Waals surface area (Å²) in [6, 6.07) is 10.8. The van der Waals surface area contributed by atoms with Gasteiger partial charge in [-0.05, 0) is 56.4 Å². The molecule has 0 saturated carbocycles. The molecule has 0 fully saturated rings. The Morgan fingerprint density at radius 3 is 2.53 bits per heavy atom. The van der Waals surface area contributed by atoms with E-state index < -0.39 is 17.2 Å². The van der Waals surface area contributed by atoms with Crippen LogP contribution in [0, 0.1) is 11.6 Å². The highest BCUT2D eigenvalue weighted by molar-refractivity contribution is 7.80.